The van der Waals surface area contributed by atoms with E-state index in [4.69, 9.17) is 0 Å². The molecule has 2 N–H and O–H groups in total. The number of rotatable bonds is 5. The van der Waals surface area contributed by atoms with Crippen molar-refractivity contribution in [2.24, 2.45) is 17.3 Å². The quantitative estimate of drug-likeness (QED) is 0.793. The van der Waals surface area contributed by atoms with Crippen LogP contribution in [0.4, 0.5) is 0 Å². The Morgan fingerprint density at radius 3 is 2.33 bits per heavy atom. The third-order valence-electron chi connectivity index (χ3n) is 4.57. The molecule has 1 unspecified atom stereocenters. The predicted molar refractivity (Wildman–Crippen MR) is 74.2 cm³/mol. The summed E-state index contributed by atoms with van der Waals surface area (Å²) in [5.74, 6) is 1.61. The Balaban J connectivity index is 2.38. The Bertz CT molecular complexity index is 268. The predicted octanol–water partition coefficient (Wildman–Crippen LogP) is 2.73. The fraction of sp³-hybridized carbons (Fsp3) is 0.933. The highest BCUT2D eigenvalue weighted by atomic mass is 16.3. The molecule has 0 aromatic carbocycles. The second-order valence-electron chi connectivity index (χ2n) is 6.51. The van der Waals surface area contributed by atoms with Crippen molar-refractivity contribution >= 4 is 5.91 Å². The summed E-state index contributed by atoms with van der Waals surface area (Å²) in [5.41, 5.74) is -0.659. The standard InChI is InChI=1S/C15H29NO2/c1-5-11(2)12-6-8-13(9-7-12)16-14(18)15(3,4)10-17/h11-13,17H,5-10H2,1-4H3,(H,16,18)/t11?,12-,13-. The molecule has 1 atom stereocenters. The van der Waals surface area contributed by atoms with Gasteiger partial charge in [0.1, 0.15) is 0 Å². The lowest BCUT2D eigenvalue weighted by atomic mass is 9.78. The monoisotopic (exact) mass is 255 g/mol. The third kappa shape index (κ3) is 3.98. The van der Waals surface area contributed by atoms with E-state index < -0.39 is 5.41 Å². The van der Waals surface area contributed by atoms with Gasteiger partial charge in [-0.2, -0.15) is 0 Å². The SMILES string of the molecule is CCC(C)[C@H]1CC[C@H](NC(=O)C(C)(C)CO)CC1. The van der Waals surface area contributed by atoms with Crippen molar-refractivity contribution in [3.63, 3.8) is 0 Å². The molecule has 0 saturated heterocycles. The summed E-state index contributed by atoms with van der Waals surface area (Å²) in [6.07, 6.45) is 5.86. The van der Waals surface area contributed by atoms with Crippen LogP contribution >= 0.6 is 0 Å². The average molecular weight is 255 g/mol. The first-order valence-corrected chi connectivity index (χ1v) is 7.32. The van der Waals surface area contributed by atoms with Gasteiger partial charge in [-0.1, -0.05) is 20.3 Å². The van der Waals surface area contributed by atoms with Crippen LogP contribution in [0.25, 0.3) is 0 Å². The van der Waals surface area contributed by atoms with Crippen LogP contribution in [-0.4, -0.2) is 23.7 Å². The molecular weight excluding hydrogens is 226 g/mol. The Morgan fingerprint density at radius 2 is 1.89 bits per heavy atom. The molecule has 1 amide bonds. The van der Waals surface area contributed by atoms with Gasteiger partial charge in [0.25, 0.3) is 0 Å². The number of carbonyl (C=O) groups is 1. The molecule has 0 aromatic heterocycles. The Hall–Kier alpha value is -0.570. The van der Waals surface area contributed by atoms with Crippen LogP contribution in [0.1, 0.15) is 59.8 Å². The van der Waals surface area contributed by atoms with Crippen LogP contribution in [0.5, 0.6) is 0 Å². The van der Waals surface area contributed by atoms with Gasteiger partial charge in [-0.25, -0.2) is 0 Å². The highest BCUT2D eigenvalue weighted by molar-refractivity contribution is 5.82. The highest BCUT2D eigenvalue weighted by Gasteiger charge is 2.30. The number of carbonyl (C=O) groups excluding carboxylic acids is 1. The molecule has 0 aromatic rings. The lowest BCUT2D eigenvalue weighted by Crippen LogP contribution is -2.46. The van der Waals surface area contributed by atoms with Gasteiger partial charge in [0.2, 0.25) is 5.91 Å². The molecule has 3 nitrogen and oxygen atoms in total. The van der Waals surface area contributed by atoms with E-state index in [0.29, 0.717) is 6.04 Å². The largest absolute Gasteiger partial charge is 0.395 e. The summed E-state index contributed by atoms with van der Waals surface area (Å²) in [7, 11) is 0. The van der Waals surface area contributed by atoms with Gasteiger partial charge in [0, 0.05) is 6.04 Å². The fourth-order valence-electron chi connectivity index (χ4n) is 2.62. The van der Waals surface area contributed by atoms with Gasteiger partial charge >= 0.3 is 0 Å². The molecule has 1 rings (SSSR count). The first-order chi connectivity index (χ1) is 8.40. The molecule has 0 heterocycles. The van der Waals surface area contributed by atoms with Gasteiger partial charge in [0.15, 0.2) is 0 Å². The molecule has 1 aliphatic carbocycles. The van der Waals surface area contributed by atoms with E-state index in [1.54, 1.807) is 13.8 Å². The smallest absolute Gasteiger partial charge is 0.228 e. The molecule has 0 bridgehead atoms. The molecule has 3 heteroatoms. The van der Waals surface area contributed by atoms with Crippen molar-refractivity contribution in [2.75, 3.05) is 6.61 Å². The molecule has 1 fully saturated rings. The lowest BCUT2D eigenvalue weighted by molar-refractivity contribution is -0.132. The average Bonchev–Trinajstić information content (AvgIpc) is 2.38. The molecule has 106 valence electrons. The van der Waals surface area contributed by atoms with Crippen molar-refractivity contribution in [1.82, 2.24) is 5.32 Å². The minimum absolute atomic E-state index is 0.0167. The van der Waals surface area contributed by atoms with E-state index >= 15 is 0 Å². The van der Waals surface area contributed by atoms with Crippen LogP contribution in [0.15, 0.2) is 0 Å². The number of amides is 1. The fourth-order valence-corrected chi connectivity index (χ4v) is 2.62. The normalized spacial score (nSPS) is 26.7. The third-order valence-corrected chi connectivity index (χ3v) is 4.57. The highest BCUT2D eigenvalue weighted by Crippen LogP contribution is 2.32. The molecule has 1 aliphatic rings. The second kappa shape index (κ2) is 6.55. The molecule has 0 radical (unpaired) electrons. The van der Waals surface area contributed by atoms with Crippen molar-refractivity contribution < 1.29 is 9.90 Å². The topological polar surface area (TPSA) is 49.3 Å². The van der Waals surface area contributed by atoms with Crippen LogP contribution in [0.2, 0.25) is 0 Å². The van der Waals surface area contributed by atoms with Crippen molar-refractivity contribution in [3.8, 4) is 0 Å². The van der Waals surface area contributed by atoms with Gasteiger partial charge in [-0.3, -0.25) is 4.79 Å². The van der Waals surface area contributed by atoms with Crippen LogP contribution in [0.3, 0.4) is 0 Å². The number of aliphatic hydroxyl groups is 1. The summed E-state index contributed by atoms with van der Waals surface area (Å²) in [4.78, 5) is 12.0. The van der Waals surface area contributed by atoms with E-state index in [2.05, 4.69) is 19.2 Å². The lowest BCUT2D eigenvalue weighted by Gasteiger charge is -2.34. The van der Waals surface area contributed by atoms with Crippen molar-refractivity contribution in [3.05, 3.63) is 0 Å². The second-order valence-corrected chi connectivity index (χ2v) is 6.51. The number of hydrogen-bond donors (Lipinski definition) is 2. The summed E-state index contributed by atoms with van der Waals surface area (Å²) < 4.78 is 0. The van der Waals surface area contributed by atoms with Gasteiger partial charge in [0.05, 0.1) is 12.0 Å². The van der Waals surface area contributed by atoms with E-state index in [1.165, 1.54) is 19.3 Å². The number of aliphatic hydroxyl groups excluding tert-OH is 1. The Kier molecular flexibility index (Phi) is 5.64. The zero-order valence-corrected chi connectivity index (χ0v) is 12.3. The minimum Gasteiger partial charge on any atom is -0.395 e. The Morgan fingerprint density at radius 1 is 1.33 bits per heavy atom. The molecule has 0 aliphatic heterocycles. The summed E-state index contributed by atoms with van der Waals surface area (Å²) >= 11 is 0. The van der Waals surface area contributed by atoms with Crippen LogP contribution < -0.4 is 5.32 Å². The van der Waals surface area contributed by atoms with E-state index in [9.17, 15) is 9.90 Å². The van der Waals surface area contributed by atoms with Gasteiger partial charge in [-0.15, -0.1) is 0 Å². The van der Waals surface area contributed by atoms with Gasteiger partial charge in [-0.05, 0) is 51.4 Å². The minimum atomic E-state index is -0.659. The summed E-state index contributed by atoms with van der Waals surface area (Å²) in [6, 6.07) is 0.309. The molecule has 18 heavy (non-hydrogen) atoms. The number of nitrogens with one attached hydrogen (secondary N) is 1. The maximum atomic E-state index is 12.0. The molecular formula is C15H29NO2. The zero-order chi connectivity index (χ0) is 13.8. The van der Waals surface area contributed by atoms with E-state index in [1.807, 2.05) is 0 Å². The molecule has 1 saturated carbocycles. The van der Waals surface area contributed by atoms with Gasteiger partial charge < -0.3 is 10.4 Å². The van der Waals surface area contributed by atoms with Crippen molar-refractivity contribution in [2.45, 2.75) is 65.8 Å². The number of hydrogen-bond acceptors (Lipinski definition) is 2. The van der Waals surface area contributed by atoms with Crippen molar-refractivity contribution in [1.29, 1.82) is 0 Å². The molecule has 0 spiro atoms. The van der Waals surface area contributed by atoms with E-state index in [-0.39, 0.29) is 12.5 Å². The Labute approximate surface area is 111 Å². The maximum absolute atomic E-state index is 12.0. The first-order valence-electron chi connectivity index (χ1n) is 7.32. The summed E-state index contributed by atoms with van der Waals surface area (Å²) in [6.45, 7) is 8.06. The first kappa shape index (κ1) is 15.5. The van der Waals surface area contributed by atoms with Crippen LogP contribution in [0, 0.1) is 17.3 Å². The van der Waals surface area contributed by atoms with Crippen LogP contribution in [-0.2, 0) is 4.79 Å². The zero-order valence-electron chi connectivity index (χ0n) is 12.3. The summed E-state index contributed by atoms with van der Waals surface area (Å²) in [5, 5.41) is 12.3. The maximum Gasteiger partial charge on any atom is 0.228 e. The van der Waals surface area contributed by atoms with E-state index in [0.717, 1.165) is 24.7 Å².